The highest BCUT2D eigenvalue weighted by Gasteiger charge is 2.13. The maximum atomic E-state index is 10.7. The molecule has 0 saturated carbocycles. The van der Waals surface area contributed by atoms with E-state index >= 15 is 0 Å². The number of fused-ring (bicyclic) bond motifs is 1. The summed E-state index contributed by atoms with van der Waals surface area (Å²) in [4.78, 5) is 15.2. The molecule has 0 spiro atoms. The molecule has 1 aromatic carbocycles. The van der Waals surface area contributed by atoms with Crippen LogP contribution in [0, 0.1) is 5.92 Å². The van der Waals surface area contributed by atoms with Gasteiger partial charge in [0.1, 0.15) is 0 Å². The summed E-state index contributed by atoms with van der Waals surface area (Å²) in [5.74, 6) is -0.322. The number of carbonyl (C=O) groups is 1. The monoisotopic (exact) mass is 342 g/mol. The zero-order chi connectivity index (χ0) is 14.0. The molecule has 0 aliphatic rings. The van der Waals surface area contributed by atoms with Gasteiger partial charge in [-0.25, -0.2) is 4.98 Å². The summed E-state index contributed by atoms with van der Waals surface area (Å²) < 4.78 is 3.10. The third kappa shape index (κ3) is 3.51. The number of benzene rings is 1. The van der Waals surface area contributed by atoms with E-state index < -0.39 is 5.97 Å². The van der Waals surface area contributed by atoms with E-state index in [0.29, 0.717) is 5.92 Å². The van der Waals surface area contributed by atoms with E-state index in [2.05, 4.69) is 39.3 Å². The summed E-state index contributed by atoms with van der Waals surface area (Å²) in [6.45, 7) is 5.10. The van der Waals surface area contributed by atoms with Gasteiger partial charge < -0.3 is 9.67 Å². The Morgan fingerprint density at radius 1 is 1.53 bits per heavy atom. The molecule has 102 valence electrons. The minimum Gasteiger partial charge on any atom is -0.481 e. The Kier molecular flexibility index (Phi) is 4.52. The van der Waals surface area contributed by atoms with Crippen molar-refractivity contribution in [2.75, 3.05) is 5.75 Å². The van der Waals surface area contributed by atoms with Crippen LogP contribution in [0.3, 0.4) is 0 Å². The van der Waals surface area contributed by atoms with Gasteiger partial charge in [0.15, 0.2) is 5.16 Å². The molecule has 1 N–H and O–H groups in total. The number of aromatic nitrogens is 2. The van der Waals surface area contributed by atoms with Gasteiger partial charge in [-0.2, -0.15) is 0 Å². The van der Waals surface area contributed by atoms with Crippen molar-refractivity contribution in [1.29, 1.82) is 0 Å². The second-order valence-corrected chi connectivity index (χ2v) is 6.57. The van der Waals surface area contributed by atoms with Gasteiger partial charge in [-0.15, -0.1) is 0 Å². The fourth-order valence-corrected chi connectivity index (χ4v) is 2.95. The second-order valence-electron chi connectivity index (χ2n) is 4.71. The molecule has 6 heteroatoms. The van der Waals surface area contributed by atoms with Gasteiger partial charge in [-0.1, -0.05) is 41.5 Å². The van der Waals surface area contributed by atoms with E-state index in [1.54, 1.807) is 0 Å². The lowest BCUT2D eigenvalue weighted by molar-refractivity contribution is -0.133. The Morgan fingerprint density at radius 3 is 2.89 bits per heavy atom. The van der Waals surface area contributed by atoms with Crippen molar-refractivity contribution in [1.82, 2.24) is 9.55 Å². The van der Waals surface area contributed by atoms with Crippen molar-refractivity contribution in [3.05, 3.63) is 22.7 Å². The minimum atomic E-state index is -0.825. The molecule has 4 nitrogen and oxygen atoms in total. The smallest absolute Gasteiger partial charge is 0.313 e. The van der Waals surface area contributed by atoms with Gasteiger partial charge in [-0.05, 0) is 24.1 Å². The third-order valence-corrected chi connectivity index (χ3v) is 4.00. The van der Waals surface area contributed by atoms with Crippen molar-refractivity contribution < 1.29 is 9.90 Å². The molecule has 0 radical (unpaired) electrons. The Hall–Kier alpha value is -1.01. The van der Waals surface area contributed by atoms with Crippen LogP contribution < -0.4 is 0 Å². The number of halogens is 1. The third-order valence-electron chi connectivity index (χ3n) is 2.55. The molecule has 0 aliphatic heterocycles. The normalized spacial score (nSPS) is 11.4. The summed E-state index contributed by atoms with van der Waals surface area (Å²) in [7, 11) is 0. The fraction of sp³-hybridized carbons (Fsp3) is 0.385. The van der Waals surface area contributed by atoms with Gasteiger partial charge in [0.05, 0.1) is 16.8 Å². The molecule has 0 aliphatic carbocycles. The first-order chi connectivity index (χ1) is 8.97. The van der Waals surface area contributed by atoms with Gasteiger partial charge in [0, 0.05) is 11.0 Å². The molecule has 0 fully saturated rings. The minimum absolute atomic E-state index is 0.0303. The molecule has 1 heterocycles. The summed E-state index contributed by atoms with van der Waals surface area (Å²) in [6, 6.07) is 5.91. The van der Waals surface area contributed by atoms with Crippen LogP contribution in [0.1, 0.15) is 13.8 Å². The van der Waals surface area contributed by atoms with Crippen LogP contribution in [0.15, 0.2) is 27.8 Å². The van der Waals surface area contributed by atoms with Crippen LogP contribution in [0.4, 0.5) is 0 Å². The molecule has 2 aromatic rings. The molecule has 19 heavy (non-hydrogen) atoms. The van der Waals surface area contributed by atoms with Gasteiger partial charge in [0.25, 0.3) is 0 Å². The van der Waals surface area contributed by atoms with Gasteiger partial charge in [-0.3, -0.25) is 4.79 Å². The van der Waals surface area contributed by atoms with Crippen LogP contribution in [-0.2, 0) is 11.3 Å². The van der Waals surface area contributed by atoms with Crippen molar-refractivity contribution in [2.24, 2.45) is 5.92 Å². The van der Waals surface area contributed by atoms with E-state index in [9.17, 15) is 4.79 Å². The van der Waals surface area contributed by atoms with Crippen LogP contribution in [0.5, 0.6) is 0 Å². The van der Waals surface area contributed by atoms with E-state index in [4.69, 9.17) is 5.11 Å². The molecule has 2 rings (SSSR count). The Balaban J connectivity index is 2.45. The average Bonchev–Trinajstić information content (AvgIpc) is 2.64. The highest BCUT2D eigenvalue weighted by Crippen LogP contribution is 2.27. The fourth-order valence-electron chi connectivity index (χ4n) is 1.85. The highest BCUT2D eigenvalue weighted by molar-refractivity contribution is 9.10. The number of carboxylic acids is 1. The van der Waals surface area contributed by atoms with Crippen molar-refractivity contribution >= 4 is 44.7 Å². The summed E-state index contributed by atoms with van der Waals surface area (Å²) in [5, 5.41) is 9.57. The first-order valence-electron chi connectivity index (χ1n) is 5.97. The largest absolute Gasteiger partial charge is 0.481 e. The second kappa shape index (κ2) is 5.96. The molecule has 0 saturated heterocycles. The maximum absolute atomic E-state index is 10.7. The highest BCUT2D eigenvalue weighted by atomic mass is 79.9. The number of imidazole rings is 1. The first-order valence-corrected chi connectivity index (χ1v) is 7.75. The maximum Gasteiger partial charge on any atom is 0.313 e. The van der Waals surface area contributed by atoms with Crippen LogP contribution in [0.2, 0.25) is 0 Å². The van der Waals surface area contributed by atoms with Crippen LogP contribution in [-0.4, -0.2) is 26.4 Å². The average molecular weight is 343 g/mol. The Labute approximate surface area is 124 Å². The quantitative estimate of drug-likeness (QED) is 0.843. The van der Waals surface area contributed by atoms with Gasteiger partial charge in [0.2, 0.25) is 0 Å². The lowest BCUT2D eigenvalue weighted by Gasteiger charge is -2.10. The predicted octanol–water partition coefficient (Wildman–Crippen LogP) is 3.63. The zero-order valence-electron chi connectivity index (χ0n) is 10.8. The first kappa shape index (κ1) is 14.4. The van der Waals surface area contributed by atoms with Crippen LogP contribution >= 0.6 is 27.7 Å². The zero-order valence-corrected chi connectivity index (χ0v) is 13.2. The number of aliphatic carboxylic acids is 1. The molecular formula is C13H15BrN2O2S. The number of thioether (sulfide) groups is 1. The number of rotatable bonds is 5. The molecule has 0 unspecified atom stereocenters. The molecule has 0 bridgehead atoms. The number of nitrogens with zero attached hydrogens (tertiary/aromatic N) is 2. The van der Waals surface area contributed by atoms with Crippen LogP contribution in [0.25, 0.3) is 11.0 Å². The van der Waals surface area contributed by atoms with E-state index in [1.165, 1.54) is 11.8 Å². The summed E-state index contributed by atoms with van der Waals surface area (Å²) in [6.07, 6.45) is 0. The predicted molar refractivity (Wildman–Crippen MR) is 80.6 cm³/mol. The van der Waals surface area contributed by atoms with E-state index in [0.717, 1.165) is 27.2 Å². The number of hydrogen-bond acceptors (Lipinski definition) is 3. The Bertz CT molecular complexity index is 610. The lowest BCUT2D eigenvalue weighted by atomic mass is 10.2. The van der Waals surface area contributed by atoms with Crippen molar-refractivity contribution in [3.8, 4) is 0 Å². The van der Waals surface area contributed by atoms with Crippen molar-refractivity contribution in [3.63, 3.8) is 0 Å². The summed E-state index contributed by atoms with van der Waals surface area (Å²) in [5.41, 5.74) is 1.94. The number of hydrogen-bond donors (Lipinski definition) is 1. The molecule has 0 atom stereocenters. The molecular weight excluding hydrogens is 328 g/mol. The molecule has 1 aromatic heterocycles. The van der Waals surface area contributed by atoms with Crippen molar-refractivity contribution in [2.45, 2.75) is 25.5 Å². The molecule has 0 amide bonds. The SMILES string of the molecule is CC(C)Cn1c(SCC(=O)O)nc2ccc(Br)cc21. The van der Waals surface area contributed by atoms with E-state index in [1.807, 2.05) is 18.2 Å². The lowest BCUT2D eigenvalue weighted by Crippen LogP contribution is -2.07. The van der Waals surface area contributed by atoms with Gasteiger partial charge >= 0.3 is 5.97 Å². The van der Waals surface area contributed by atoms with E-state index in [-0.39, 0.29) is 5.75 Å². The summed E-state index contributed by atoms with van der Waals surface area (Å²) >= 11 is 4.73. The topological polar surface area (TPSA) is 55.1 Å². The number of carboxylic acid groups (broad SMARTS) is 1. The Morgan fingerprint density at radius 2 is 2.26 bits per heavy atom. The standard InChI is InChI=1S/C13H15BrN2O2S/c1-8(2)6-16-11-5-9(14)3-4-10(11)15-13(16)19-7-12(17)18/h3-5,8H,6-7H2,1-2H3,(H,17,18).